The van der Waals surface area contributed by atoms with E-state index in [4.69, 9.17) is 39.6 Å². The van der Waals surface area contributed by atoms with Gasteiger partial charge in [0, 0.05) is 48.7 Å². The number of amides is 2. The normalized spacial score (nSPS) is 17.5. The Balaban J connectivity index is 1.25. The first kappa shape index (κ1) is 27.2. The Morgan fingerprint density at radius 2 is 1.82 bits per heavy atom. The van der Waals surface area contributed by atoms with Gasteiger partial charge in [-0.2, -0.15) is 0 Å². The molecule has 2 aromatic carbocycles. The van der Waals surface area contributed by atoms with Gasteiger partial charge in [-0.05, 0) is 54.8 Å². The second-order valence-electron chi connectivity index (χ2n) is 9.34. The topological polar surface area (TPSA) is 95.9 Å². The fourth-order valence-corrected chi connectivity index (χ4v) is 5.19. The maximum atomic E-state index is 12.5. The molecule has 1 fully saturated rings. The van der Waals surface area contributed by atoms with Crippen molar-refractivity contribution in [3.8, 4) is 0 Å². The molecule has 202 valence electrons. The third kappa shape index (κ3) is 6.46. The maximum absolute atomic E-state index is 12.5. The minimum absolute atomic E-state index is 0.0653. The van der Waals surface area contributed by atoms with E-state index in [0.717, 1.165) is 48.5 Å². The van der Waals surface area contributed by atoms with E-state index in [0.29, 0.717) is 22.8 Å². The van der Waals surface area contributed by atoms with Crippen LogP contribution >= 0.6 is 34.8 Å². The fourth-order valence-electron chi connectivity index (χ4n) is 4.80. The van der Waals surface area contributed by atoms with Gasteiger partial charge in [0.15, 0.2) is 10.9 Å². The van der Waals surface area contributed by atoms with Gasteiger partial charge in [-0.25, -0.2) is 0 Å². The van der Waals surface area contributed by atoms with Gasteiger partial charge in [0.2, 0.25) is 0 Å². The Morgan fingerprint density at radius 1 is 1.03 bits per heavy atom. The number of hydrogen-bond donors (Lipinski definition) is 2. The zero-order valence-corrected chi connectivity index (χ0v) is 23.1. The molecule has 1 aromatic heterocycles. The molecule has 1 atom stereocenters. The van der Waals surface area contributed by atoms with Crippen LogP contribution in [0.25, 0.3) is 0 Å². The zero-order chi connectivity index (χ0) is 27.4. The molecule has 8 nitrogen and oxygen atoms in total. The number of aromatic nitrogens is 1. The number of benzene rings is 2. The van der Waals surface area contributed by atoms with Crippen LogP contribution in [0.15, 0.2) is 72.0 Å². The summed E-state index contributed by atoms with van der Waals surface area (Å²) in [7, 11) is 0. The number of alkyl halides is 2. The van der Waals surface area contributed by atoms with Crippen LogP contribution in [0.1, 0.15) is 47.0 Å². The number of nitrogens with one attached hydrogen (secondary N) is 2. The van der Waals surface area contributed by atoms with Crippen LogP contribution in [-0.4, -0.2) is 46.5 Å². The first-order valence-electron chi connectivity index (χ1n) is 12.6. The molecule has 2 amide bonds. The van der Waals surface area contributed by atoms with Crippen LogP contribution in [0.3, 0.4) is 0 Å². The van der Waals surface area contributed by atoms with Crippen molar-refractivity contribution >= 4 is 63.7 Å². The van der Waals surface area contributed by atoms with Gasteiger partial charge in [0.1, 0.15) is 5.69 Å². The van der Waals surface area contributed by atoms with Gasteiger partial charge in [0.05, 0.1) is 10.7 Å². The van der Waals surface area contributed by atoms with E-state index >= 15 is 0 Å². The van der Waals surface area contributed by atoms with Gasteiger partial charge in [0.25, 0.3) is 11.8 Å². The number of nitrogens with zero attached hydrogens (tertiary/aromatic N) is 3. The maximum Gasteiger partial charge on any atom is 0.270 e. The summed E-state index contributed by atoms with van der Waals surface area (Å²) < 4.78 is 0. The van der Waals surface area contributed by atoms with Gasteiger partial charge in [-0.1, -0.05) is 64.2 Å². The van der Waals surface area contributed by atoms with Crippen molar-refractivity contribution in [2.24, 2.45) is 5.16 Å². The minimum atomic E-state index is -1.16. The lowest BCUT2D eigenvalue weighted by Gasteiger charge is -2.35. The summed E-state index contributed by atoms with van der Waals surface area (Å²) in [5, 5.41) is 10.8. The van der Waals surface area contributed by atoms with Crippen molar-refractivity contribution < 1.29 is 14.4 Å². The van der Waals surface area contributed by atoms with Crippen molar-refractivity contribution in [1.29, 1.82) is 0 Å². The average molecular weight is 587 g/mol. The first-order valence-corrected chi connectivity index (χ1v) is 13.8. The highest BCUT2D eigenvalue weighted by molar-refractivity contribution is 6.54. The second-order valence-corrected chi connectivity index (χ2v) is 10.8. The molecule has 3 heterocycles. The first-order chi connectivity index (χ1) is 18.9. The molecular formula is C28H26Cl3N5O3. The Kier molecular flexibility index (Phi) is 8.55. The molecular weight excluding hydrogens is 561 g/mol. The molecule has 2 N–H and O–H groups in total. The molecule has 39 heavy (non-hydrogen) atoms. The SMILES string of the molecule is O=C(NC1CCN(c2cccc(Cl)c2C2=NOC(c3cccc(NC(=O)C(Cl)Cl)c3)C2)CC1)c1ccccn1. The average Bonchev–Trinajstić information content (AvgIpc) is 3.44. The third-order valence-corrected chi connectivity index (χ3v) is 7.45. The van der Waals surface area contributed by atoms with Crippen LogP contribution in [0, 0.1) is 0 Å². The van der Waals surface area contributed by atoms with Gasteiger partial charge in [-0.3, -0.25) is 14.6 Å². The highest BCUT2D eigenvalue weighted by Gasteiger charge is 2.30. The summed E-state index contributed by atoms with van der Waals surface area (Å²) in [6.45, 7) is 1.50. The summed E-state index contributed by atoms with van der Waals surface area (Å²) in [6, 6.07) is 18.5. The Bertz CT molecular complexity index is 1380. The second kappa shape index (κ2) is 12.2. The van der Waals surface area contributed by atoms with E-state index in [1.165, 1.54) is 0 Å². The molecule has 1 saturated heterocycles. The van der Waals surface area contributed by atoms with E-state index in [2.05, 4.69) is 25.7 Å². The predicted molar refractivity (Wildman–Crippen MR) is 154 cm³/mol. The lowest BCUT2D eigenvalue weighted by atomic mass is 9.97. The summed E-state index contributed by atoms with van der Waals surface area (Å²) in [4.78, 5) is 35.4. The van der Waals surface area contributed by atoms with E-state index in [1.807, 2.05) is 36.4 Å². The highest BCUT2D eigenvalue weighted by atomic mass is 35.5. The van der Waals surface area contributed by atoms with Gasteiger partial charge < -0.3 is 20.4 Å². The molecule has 3 aromatic rings. The molecule has 1 unspecified atom stereocenters. The van der Waals surface area contributed by atoms with Crippen molar-refractivity contribution in [1.82, 2.24) is 10.3 Å². The summed E-state index contributed by atoms with van der Waals surface area (Å²) in [5.41, 5.74) is 4.41. The van der Waals surface area contributed by atoms with E-state index < -0.39 is 10.7 Å². The number of carbonyl (C=O) groups excluding carboxylic acids is 2. The van der Waals surface area contributed by atoms with Crippen molar-refractivity contribution in [3.05, 3.63) is 88.7 Å². The van der Waals surface area contributed by atoms with Crippen LogP contribution in [-0.2, 0) is 9.63 Å². The van der Waals surface area contributed by atoms with E-state index in [-0.39, 0.29) is 18.1 Å². The smallest absolute Gasteiger partial charge is 0.270 e. The number of piperidine rings is 1. The molecule has 0 spiro atoms. The minimum Gasteiger partial charge on any atom is -0.387 e. The molecule has 0 bridgehead atoms. The lowest BCUT2D eigenvalue weighted by Crippen LogP contribution is -2.45. The summed E-state index contributed by atoms with van der Waals surface area (Å²) in [6.07, 6.45) is 3.37. The standard InChI is InChI=1S/C28H26Cl3N5O3/c29-20-7-4-9-23(36-13-10-18(11-14-36)33-27(37)21-8-1-2-12-32-21)25(20)22-16-24(39-35-22)17-5-3-6-19(15-17)34-28(38)26(30)31/h1-9,12,15,18,24,26H,10-11,13-14,16H2,(H,33,37)(H,34,38). The molecule has 0 aliphatic carbocycles. The number of carbonyl (C=O) groups is 2. The lowest BCUT2D eigenvalue weighted by molar-refractivity contribution is -0.114. The van der Waals surface area contributed by atoms with Crippen LogP contribution < -0.4 is 15.5 Å². The monoisotopic (exact) mass is 585 g/mol. The summed E-state index contributed by atoms with van der Waals surface area (Å²) in [5.74, 6) is -0.657. The summed E-state index contributed by atoms with van der Waals surface area (Å²) >= 11 is 18.0. The predicted octanol–water partition coefficient (Wildman–Crippen LogP) is 5.74. The van der Waals surface area contributed by atoms with Crippen LogP contribution in [0.4, 0.5) is 11.4 Å². The fraction of sp³-hybridized carbons (Fsp3) is 0.286. The Morgan fingerprint density at radius 3 is 2.56 bits per heavy atom. The highest BCUT2D eigenvalue weighted by Crippen LogP contribution is 2.37. The van der Waals surface area contributed by atoms with Crippen molar-refractivity contribution in [2.45, 2.75) is 36.2 Å². The van der Waals surface area contributed by atoms with E-state index in [9.17, 15) is 9.59 Å². The van der Waals surface area contributed by atoms with Gasteiger partial charge >= 0.3 is 0 Å². The van der Waals surface area contributed by atoms with Crippen LogP contribution in [0.2, 0.25) is 5.02 Å². The molecule has 2 aliphatic heterocycles. The van der Waals surface area contributed by atoms with Gasteiger partial charge in [-0.15, -0.1) is 0 Å². The number of rotatable bonds is 7. The Hall–Kier alpha value is -3.33. The Labute approximate surface area is 241 Å². The number of anilines is 2. The third-order valence-electron chi connectivity index (χ3n) is 6.74. The molecule has 2 aliphatic rings. The zero-order valence-electron chi connectivity index (χ0n) is 20.8. The number of halogens is 3. The number of oxime groups is 1. The molecule has 0 saturated carbocycles. The number of hydrogen-bond acceptors (Lipinski definition) is 6. The van der Waals surface area contributed by atoms with Crippen molar-refractivity contribution in [3.63, 3.8) is 0 Å². The quantitative estimate of drug-likeness (QED) is 0.344. The van der Waals surface area contributed by atoms with E-state index in [1.54, 1.807) is 30.5 Å². The molecule has 5 rings (SSSR count). The largest absolute Gasteiger partial charge is 0.387 e. The molecule has 0 radical (unpaired) electrons. The number of pyridine rings is 1. The molecule has 11 heteroatoms. The van der Waals surface area contributed by atoms with Crippen LogP contribution in [0.5, 0.6) is 0 Å². The van der Waals surface area contributed by atoms with Crippen molar-refractivity contribution in [2.75, 3.05) is 23.3 Å².